The highest BCUT2D eigenvalue weighted by molar-refractivity contribution is 6.32. The Morgan fingerprint density at radius 2 is 1.04 bits per heavy atom. The first-order valence-corrected chi connectivity index (χ1v) is 45.7. The average molecular weight is 1920 g/mol. The Labute approximate surface area is 784 Å². The fourth-order valence-corrected chi connectivity index (χ4v) is 18.3. The van der Waals surface area contributed by atoms with E-state index in [1.807, 2.05) is 0 Å². The van der Waals surface area contributed by atoms with Gasteiger partial charge in [-0.3, -0.25) is 38.4 Å². The van der Waals surface area contributed by atoms with Crippen molar-refractivity contribution in [1.29, 1.82) is 0 Å². The fourth-order valence-electron chi connectivity index (χ4n) is 17.8. The van der Waals surface area contributed by atoms with Gasteiger partial charge in [0.2, 0.25) is 53.8 Å². The number of phenolic OH excluding ortho intramolecular Hbond substituents is 4. The lowest BCUT2D eigenvalue weighted by molar-refractivity contribution is -0.284. The van der Waals surface area contributed by atoms with Gasteiger partial charge in [0, 0.05) is 56.0 Å². The number of carbonyl (C=O) groups is 8. The summed E-state index contributed by atoms with van der Waals surface area (Å²) in [5.41, 5.74) is 5.03. The van der Waals surface area contributed by atoms with Crippen LogP contribution in [0, 0.1) is 0 Å². The van der Waals surface area contributed by atoms with E-state index in [-0.39, 0.29) is 73.2 Å². The van der Waals surface area contributed by atoms with Gasteiger partial charge in [-0.2, -0.15) is 0 Å². The topological polar surface area (TPSA) is 601 Å². The number of phenols is 4. The first-order chi connectivity index (χ1) is 64.7. The summed E-state index contributed by atoms with van der Waals surface area (Å²) < 4.78 is 58.2. The van der Waals surface area contributed by atoms with Crippen LogP contribution in [-0.2, 0) is 70.3 Å². The number of Topliss-reactive ketones (excluding diaryl/α,β-unsaturated/α-hetero) is 2. The van der Waals surface area contributed by atoms with Gasteiger partial charge in [-0.15, -0.1) is 0 Å². The SMILES string of the molecule is CCCCCCCCCCCCCCCC(=O)NC1[C@H](Oc2c3cc4cc2Oc2ccc(cc2Cl)[C@@H](O[C@@H]2OC(CO)[C@@H](O)[C@H](O)C2NC(C)=O)[C@@H]2NC(=O)[C@H](CC(=O)[C@@H]4NC(=O)[C@H]4CC(=O)[C@@H](Cc5ccc(c(Cl)c5)O3)NC(=O)[C@H](N)c3ccc(O)c(c3)Oc3cc(O)cc4c3)c3ccc(O)c(c3)-c3c(cc(O)cc3O[C@H]3OC(CO)[C@@H](O)C(O)[C@H]3O)CNC2=O)OC(CO)[C@@H](O)[C@@H]1O. The zero-order valence-electron chi connectivity index (χ0n) is 73.6. The number of benzene rings is 7. The van der Waals surface area contributed by atoms with Crippen LogP contribution in [0.1, 0.15) is 186 Å². The molecular weight excluding hydrogens is 1810 g/mol. The summed E-state index contributed by atoms with van der Waals surface area (Å²) in [6.07, 6.45) is -16.7. The summed E-state index contributed by atoms with van der Waals surface area (Å²) in [7, 11) is 0. The predicted molar refractivity (Wildman–Crippen MR) is 477 cm³/mol. The van der Waals surface area contributed by atoms with Crippen LogP contribution >= 0.6 is 23.2 Å². The number of amides is 6. The largest absolute Gasteiger partial charge is 0.508 e. The number of nitrogens with one attached hydrogen (secondary N) is 6. The number of ether oxygens (including phenoxy) is 9. The van der Waals surface area contributed by atoms with Gasteiger partial charge < -0.3 is 152 Å². The lowest BCUT2D eigenvalue weighted by Gasteiger charge is -2.44. The molecule has 3 saturated heterocycles. The highest BCUT2D eigenvalue weighted by Gasteiger charge is 2.52. The second-order valence-electron chi connectivity index (χ2n) is 34.9. The maximum absolute atomic E-state index is 17.2. The number of unbranched alkanes of at least 4 members (excludes halogenated alkanes) is 12. The number of hydrogen-bond acceptors (Lipinski definition) is 32. The molecule has 6 amide bonds. The summed E-state index contributed by atoms with van der Waals surface area (Å²) in [5.74, 6) is -18.3. The lowest BCUT2D eigenvalue weighted by atomic mass is 9.85. The number of rotatable bonds is 25. The number of halogens is 2. The van der Waals surface area contributed by atoms with Crippen LogP contribution in [0.25, 0.3) is 11.1 Å². The van der Waals surface area contributed by atoms with Crippen molar-refractivity contribution in [3.63, 3.8) is 0 Å². The zero-order valence-corrected chi connectivity index (χ0v) is 75.1. The third-order valence-corrected chi connectivity index (χ3v) is 25.8. The Hall–Kier alpha value is -11.1. The molecule has 135 heavy (non-hydrogen) atoms. The second kappa shape index (κ2) is 44.3. The van der Waals surface area contributed by atoms with E-state index in [4.69, 9.17) is 71.6 Å². The molecule has 38 nitrogen and oxygen atoms in total. The number of ketones is 2. The number of aliphatic hydroxyl groups excluding tert-OH is 10. The molecule has 0 saturated carbocycles. The molecule has 9 aliphatic heterocycles. The standard InChI is InChI=1S/C95H111Cl2N7O31/c1-3-4-5-6-7-8-9-10-11-12-13-14-15-16-73(115)102-78-84(120)81(117)71(41-106)132-94(78)135-88-68-33-49-34-69(88)129-65-24-20-47(31-58(65)97)87(134-93-77(100-43(2)108)83(119)80(116)70(40-105)131-93)79-92(126)99-39-50-28-52(110)36-67(130-95-86(122)85(121)82(118)72(42-107)133-95)74(50)56-30-45(18-21-60(56)111)54(89(123)104-79)38-63(114)76(49)103-90(124)55-37-62(113)59(26-44-17-23-64(128-68)57(96)25-44)101-91(125)75(98)46-19-22-61(112)66(32-46)127-53-29-48(55)27-51(109)35-53/h17-25,27-36,54-55,59,70-72,75-87,93-95,105-107,109-112,116-122H,3-16,26,37-42,98H2,1-2H3,(H,99,126)(H,100,108)(H,101,125)(H,102,115)(H,103,124)(H,104,123)/t54-,55+,59-,70?,71?,72?,75-,76-,77?,78?,79+,80-,81-,82-,83-,84-,85?,86-,87-,93+,94+,95+/m1/s1. The second-order valence-corrected chi connectivity index (χ2v) is 35.7. The van der Waals surface area contributed by atoms with E-state index >= 15 is 24.0 Å². The Balaban J connectivity index is 0.979. The van der Waals surface area contributed by atoms with Gasteiger partial charge in [0.05, 0.1) is 47.7 Å². The van der Waals surface area contributed by atoms with Crippen molar-refractivity contribution >= 4 is 70.2 Å². The van der Waals surface area contributed by atoms with Crippen molar-refractivity contribution in [3.05, 3.63) is 164 Å². The Kier molecular flexibility index (Phi) is 32.8. The average Bonchev–Trinajstić information content (AvgIpc) is 0.764. The molecular formula is C95H111Cl2N7O31. The fraction of sp³-hybridized carbons (Fsp3) is 0.474. The summed E-state index contributed by atoms with van der Waals surface area (Å²) in [6, 6.07) is 11.3. The maximum Gasteiger partial charge on any atom is 0.245 e. The van der Waals surface area contributed by atoms with E-state index in [1.54, 1.807) is 0 Å². The molecule has 0 aliphatic carbocycles. The molecule has 16 rings (SSSR count). The van der Waals surface area contributed by atoms with Crippen LogP contribution in [0.15, 0.2) is 115 Å². The third kappa shape index (κ3) is 23.1. The Bertz CT molecular complexity index is 5500. The Morgan fingerprint density at radius 3 is 1.67 bits per heavy atom. The molecule has 9 aliphatic rings. The van der Waals surface area contributed by atoms with Crippen molar-refractivity contribution < 1.29 is 152 Å². The summed E-state index contributed by atoms with van der Waals surface area (Å²) in [5, 5.41) is 175. The Morgan fingerprint density at radius 1 is 0.481 bits per heavy atom. The predicted octanol–water partition coefficient (Wildman–Crippen LogP) is 5.65. The molecule has 7 aromatic carbocycles. The number of nitrogens with two attached hydrogens (primary N) is 1. The van der Waals surface area contributed by atoms with Crippen LogP contribution in [0.4, 0.5) is 0 Å². The highest BCUT2D eigenvalue weighted by Crippen LogP contribution is 2.51. The van der Waals surface area contributed by atoms with Crippen molar-refractivity contribution in [3.8, 4) is 80.1 Å². The molecule has 0 radical (unpaired) electrons. The van der Waals surface area contributed by atoms with Gasteiger partial charge in [-0.25, -0.2) is 0 Å². The minimum Gasteiger partial charge on any atom is -0.508 e. The molecule has 17 bridgehead atoms. The number of hydrogen-bond donors (Lipinski definition) is 21. The molecule has 3 fully saturated rings. The molecule has 726 valence electrons. The van der Waals surface area contributed by atoms with Gasteiger partial charge in [0.25, 0.3) is 0 Å². The van der Waals surface area contributed by atoms with Gasteiger partial charge >= 0.3 is 0 Å². The van der Waals surface area contributed by atoms with Crippen molar-refractivity contribution in [2.45, 2.75) is 264 Å². The van der Waals surface area contributed by atoms with Crippen LogP contribution in [-0.4, -0.2) is 242 Å². The van der Waals surface area contributed by atoms with Crippen LogP contribution < -0.4 is 61.3 Å². The van der Waals surface area contributed by atoms with Gasteiger partial charge in [0.1, 0.15) is 138 Å². The minimum absolute atomic E-state index is 0.0744. The van der Waals surface area contributed by atoms with Crippen molar-refractivity contribution in [1.82, 2.24) is 31.9 Å². The summed E-state index contributed by atoms with van der Waals surface area (Å²) >= 11 is 14.8. The summed E-state index contributed by atoms with van der Waals surface area (Å²) in [4.78, 5) is 124. The molecule has 22 atom stereocenters. The number of aromatic hydroxyl groups is 4. The molecule has 22 N–H and O–H groups in total. The third-order valence-electron chi connectivity index (χ3n) is 25.2. The zero-order chi connectivity index (χ0) is 96.5. The van der Waals surface area contributed by atoms with E-state index in [1.165, 1.54) is 98.8 Å². The molecule has 6 unspecified atom stereocenters. The van der Waals surface area contributed by atoms with Crippen LogP contribution in [0.3, 0.4) is 0 Å². The number of aliphatic hydroxyl groups is 10. The number of fused-ring (bicyclic) bond motifs is 14. The van der Waals surface area contributed by atoms with E-state index in [2.05, 4.69) is 38.8 Å². The minimum atomic E-state index is -2.30. The van der Waals surface area contributed by atoms with Gasteiger partial charge in [-0.05, 0) is 131 Å². The molecule has 0 spiro atoms. The van der Waals surface area contributed by atoms with E-state index < -0.39 is 289 Å². The first-order valence-electron chi connectivity index (χ1n) is 45.0. The molecule has 7 aromatic rings. The summed E-state index contributed by atoms with van der Waals surface area (Å²) in [6.45, 7) is -0.471. The van der Waals surface area contributed by atoms with Crippen LogP contribution in [0.5, 0.6) is 69.0 Å². The van der Waals surface area contributed by atoms with E-state index in [0.29, 0.717) is 12.8 Å². The number of carbonyl (C=O) groups excluding carboxylic acids is 8. The van der Waals surface area contributed by atoms with Gasteiger partial charge in [0.15, 0.2) is 40.9 Å². The van der Waals surface area contributed by atoms with Crippen molar-refractivity contribution in [2.75, 3.05) is 19.8 Å². The first kappa shape index (κ1) is 99.8. The monoisotopic (exact) mass is 1920 g/mol. The smallest absolute Gasteiger partial charge is 0.245 e. The quantitative estimate of drug-likeness (QED) is 0.0307. The molecule has 0 aromatic heterocycles. The lowest BCUT2D eigenvalue weighted by Crippen LogP contribution is -2.65. The molecule has 9 heterocycles. The highest BCUT2D eigenvalue weighted by atomic mass is 35.5. The van der Waals surface area contributed by atoms with Gasteiger partial charge in [-0.1, -0.05) is 131 Å². The van der Waals surface area contributed by atoms with E-state index in [9.17, 15) is 85.9 Å². The van der Waals surface area contributed by atoms with Crippen LogP contribution in [0.2, 0.25) is 10.0 Å². The van der Waals surface area contributed by atoms with Crippen molar-refractivity contribution in [2.24, 2.45) is 5.73 Å². The van der Waals surface area contributed by atoms with E-state index in [0.717, 1.165) is 94.0 Å². The molecule has 40 heteroatoms. The normalized spacial score (nSPS) is 28.1. The maximum atomic E-state index is 17.2.